The van der Waals surface area contributed by atoms with Gasteiger partial charge in [0.1, 0.15) is 0 Å². The highest BCUT2D eigenvalue weighted by Gasteiger charge is 2.01. The summed E-state index contributed by atoms with van der Waals surface area (Å²) in [5.41, 5.74) is 5.22. The molecule has 2 rings (SSSR count). The van der Waals surface area contributed by atoms with Crippen LogP contribution >= 0.6 is 23.4 Å². The molecule has 0 fully saturated rings. The molecular weight excluding hydrogens is 318 g/mol. The van der Waals surface area contributed by atoms with Gasteiger partial charge < -0.3 is 0 Å². The van der Waals surface area contributed by atoms with Crippen molar-refractivity contribution in [2.24, 2.45) is 0 Å². The number of halogens is 1. The highest BCUT2D eigenvalue weighted by atomic mass is 35.5. The van der Waals surface area contributed by atoms with Crippen molar-refractivity contribution < 1.29 is 10.0 Å². The van der Waals surface area contributed by atoms with Crippen molar-refractivity contribution in [3.05, 3.63) is 59.1 Å². The summed E-state index contributed by atoms with van der Waals surface area (Å²) in [4.78, 5) is 10.9. The molecule has 0 unspecified atom stereocenters. The SMILES string of the molecule is O=C(CCCSCc1ccc(-c2ccc(Cl)cc2)cc1)NO. The van der Waals surface area contributed by atoms with E-state index in [0.29, 0.717) is 6.42 Å². The molecule has 1 amide bonds. The van der Waals surface area contributed by atoms with Gasteiger partial charge in [-0.1, -0.05) is 48.0 Å². The van der Waals surface area contributed by atoms with Crippen molar-refractivity contribution in [1.29, 1.82) is 0 Å². The molecule has 0 bridgehead atoms. The van der Waals surface area contributed by atoms with Crippen molar-refractivity contribution >= 4 is 29.3 Å². The summed E-state index contributed by atoms with van der Waals surface area (Å²) in [6, 6.07) is 16.3. The second kappa shape index (κ2) is 8.83. The molecule has 0 atom stereocenters. The molecule has 2 aromatic rings. The van der Waals surface area contributed by atoms with E-state index in [1.54, 1.807) is 17.2 Å². The Morgan fingerprint density at radius 2 is 1.64 bits per heavy atom. The molecule has 0 aliphatic rings. The van der Waals surface area contributed by atoms with E-state index in [4.69, 9.17) is 16.8 Å². The highest BCUT2D eigenvalue weighted by Crippen LogP contribution is 2.23. The van der Waals surface area contributed by atoms with Gasteiger partial charge in [0.25, 0.3) is 0 Å². The van der Waals surface area contributed by atoms with Crippen molar-refractivity contribution in [1.82, 2.24) is 5.48 Å². The summed E-state index contributed by atoms with van der Waals surface area (Å²) < 4.78 is 0. The number of carbonyl (C=O) groups excluding carboxylic acids is 1. The Hall–Kier alpha value is -1.49. The summed E-state index contributed by atoms with van der Waals surface area (Å²) in [5.74, 6) is 1.49. The first-order valence-electron chi connectivity index (χ1n) is 7.04. The number of benzene rings is 2. The van der Waals surface area contributed by atoms with E-state index in [1.165, 1.54) is 11.1 Å². The second-order valence-electron chi connectivity index (χ2n) is 4.89. The van der Waals surface area contributed by atoms with Gasteiger partial charge in [-0.3, -0.25) is 10.0 Å². The van der Waals surface area contributed by atoms with E-state index in [1.807, 2.05) is 24.3 Å². The first-order chi connectivity index (χ1) is 10.7. The molecule has 0 saturated heterocycles. The van der Waals surface area contributed by atoms with Crippen molar-refractivity contribution in [3.8, 4) is 11.1 Å². The third kappa shape index (κ3) is 5.37. The van der Waals surface area contributed by atoms with Gasteiger partial charge in [-0.15, -0.1) is 0 Å². The van der Waals surface area contributed by atoms with Gasteiger partial charge in [0, 0.05) is 17.2 Å². The molecule has 2 aromatic carbocycles. The van der Waals surface area contributed by atoms with Crippen LogP contribution in [0.25, 0.3) is 11.1 Å². The molecule has 2 N–H and O–H groups in total. The molecule has 0 spiro atoms. The maximum atomic E-state index is 10.9. The molecule has 0 saturated carbocycles. The van der Waals surface area contributed by atoms with Gasteiger partial charge in [0.05, 0.1) is 0 Å². The third-order valence-corrected chi connectivity index (χ3v) is 4.58. The number of nitrogens with one attached hydrogen (secondary N) is 1. The molecule has 0 aliphatic carbocycles. The minimum absolute atomic E-state index is 0.326. The fourth-order valence-corrected chi connectivity index (χ4v) is 3.06. The molecule has 3 nitrogen and oxygen atoms in total. The van der Waals surface area contributed by atoms with Crippen molar-refractivity contribution in [2.75, 3.05) is 5.75 Å². The number of hydrogen-bond donors (Lipinski definition) is 2. The van der Waals surface area contributed by atoms with Crippen LogP contribution in [0.2, 0.25) is 5.02 Å². The summed E-state index contributed by atoms with van der Waals surface area (Å²) in [6.45, 7) is 0. The second-order valence-corrected chi connectivity index (χ2v) is 6.44. The van der Waals surface area contributed by atoms with Crippen LogP contribution in [-0.4, -0.2) is 16.9 Å². The number of hydroxylamine groups is 1. The Bertz CT molecular complexity index is 599. The third-order valence-electron chi connectivity index (χ3n) is 3.22. The molecule has 0 heterocycles. The average Bonchev–Trinajstić information content (AvgIpc) is 2.55. The molecule has 0 aliphatic heterocycles. The quantitative estimate of drug-likeness (QED) is 0.444. The van der Waals surface area contributed by atoms with Crippen LogP contribution in [0.3, 0.4) is 0 Å². The number of rotatable bonds is 7. The van der Waals surface area contributed by atoms with Crippen LogP contribution < -0.4 is 5.48 Å². The van der Waals surface area contributed by atoms with E-state index < -0.39 is 0 Å². The lowest BCUT2D eigenvalue weighted by Crippen LogP contribution is -2.18. The first-order valence-corrected chi connectivity index (χ1v) is 8.58. The largest absolute Gasteiger partial charge is 0.289 e. The van der Waals surface area contributed by atoms with E-state index in [2.05, 4.69) is 24.3 Å². The van der Waals surface area contributed by atoms with Crippen LogP contribution in [-0.2, 0) is 10.5 Å². The minimum atomic E-state index is -0.326. The summed E-state index contributed by atoms with van der Waals surface area (Å²) in [5, 5.41) is 9.13. The number of thioether (sulfide) groups is 1. The molecule has 116 valence electrons. The van der Waals surface area contributed by atoms with Crippen LogP contribution in [0.4, 0.5) is 0 Å². The maximum Gasteiger partial charge on any atom is 0.243 e. The topological polar surface area (TPSA) is 49.3 Å². The first kappa shape index (κ1) is 16.9. The zero-order valence-electron chi connectivity index (χ0n) is 12.1. The minimum Gasteiger partial charge on any atom is -0.289 e. The standard InChI is InChI=1S/C17H18ClNO2S/c18-16-9-7-15(8-10-16)14-5-3-13(4-6-14)12-22-11-1-2-17(20)19-21/h3-10,21H,1-2,11-12H2,(H,19,20). The fourth-order valence-electron chi connectivity index (χ4n) is 2.02. The van der Waals surface area contributed by atoms with E-state index >= 15 is 0 Å². The molecule has 5 heteroatoms. The zero-order valence-corrected chi connectivity index (χ0v) is 13.7. The molecule has 22 heavy (non-hydrogen) atoms. The Balaban J connectivity index is 1.79. The maximum absolute atomic E-state index is 10.9. The fraction of sp³-hybridized carbons (Fsp3) is 0.235. The van der Waals surface area contributed by atoms with Gasteiger partial charge in [-0.25, -0.2) is 5.48 Å². The smallest absolute Gasteiger partial charge is 0.243 e. The monoisotopic (exact) mass is 335 g/mol. The van der Waals surface area contributed by atoms with Crippen LogP contribution in [0.1, 0.15) is 18.4 Å². The predicted octanol–water partition coefficient (Wildman–Crippen LogP) is 4.53. The molecular formula is C17H18ClNO2S. The highest BCUT2D eigenvalue weighted by molar-refractivity contribution is 7.98. The molecule has 0 radical (unpaired) electrons. The number of carbonyl (C=O) groups is 1. The predicted molar refractivity (Wildman–Crippen MR) is 92.2 cm³/mol. The van der Waals surface area contributed by atoms with Crippen molar-refractivity contribution in [2.45, 2.75) is 18.6 Å². The normalized spacial score (nSPS) is 10.5. The van der Waals surface area contributed by atoms with E-state index in [0.717, 1.165) is 28.5 Å². The van der Waals surface area contributed by atoms with Crippen molar-refractivity contribution in [3.63, 3.8) is 0 Å². The zero-order chi connectivity index (χ0) is 15.8. The van der Waals surface area contributed by atoms with E-state index in [-0.39, 0.29) is 5.91 Å². The van der Waals surface area contributed by atoms with Gasteiger partial charge in [-0.05, 0) is 41.0 Å². The lowest BCUT2D eigenvalue weighted by atomic mass is 10.0. The van der Waals surface area contributed by atoms with Gasteiger partial charge in [0.15, 0.2) is 0 Å². The Morgan fingerprint density at radius 1 is 1.05 bits per heavy atom. The van der Waals surface area contributed by atoms with Gasteiger partial charge >= 0.3 is 0 Å². The van der Waals surface area contributed by atoms with Crippen LogP contribution in [0.15, 0.2) is 48.5 Å². The van der Waals surface area contributed by atoms with Gasteiger partial charge in [0.2, 0.25) is 5.91 Å². The van der Waals surface area contributed by atoms with E-state index in [9.17, 15) is 4.79 Å². The lowest BCUT2D eigenvalue weighted by molar-refractivity contribution is -0.129. The summed E-state index contributed by atoms with van der Waals surface area (Å²) >= 11 is 7.68. The molecule has 0 aromatic heterocycles. The Labute approximate surface area is 139 Å². The number of hydrogen-bond acceptors (Lipinski definition) is 3. The Morgan fingerprint density at radius 3 is 2.23 bits per heavy atom. The van der Waals surface area contributed by atoms with Crippen LogP contribution in [0, 0.1) is 0 Å². The number of amides is 1. The van der Waals surface area contributed by atoms with Crippen LogP contribution in [0.5, 0.6) is 0 Å². The summed E-state index contributed by atoms with van der Waals surface area (Å²) in [7, 11) is 0. The van der Waals surface area contributed by atoms with Gasteiger partial charge in [-0.2, -0.15) is 11.8 Å². The Kier molecular flexibility index (Phi) is 6.77. The lowest BCUT2D eigenvalue weighted by Gasteiger charge is -2.05. The average molecular weight is 336 g/mol. The summed E-state index contributed by atoms with van der Waals surface area (Å²) in [6.07, 6.45) is 1.12.